The van der Waals surface area contributed by atoms with Crippen LogP contribution >= 0.6 is 11.8 Å². The first-order valence-electron chi connectivity index (χ1n) is 6.74. The number of benzene rings is 1. The maximum absolute atomic E-state index is 5.88. The van der Waals surface area contributed by atoms with Crippen molar-refractivity contribution in [3.8, 4) is 11.5 Å². The molecule has 0 radical (unpaired) electrons. The Labute approximate surface area is 123 Å². The lowest BCUT2D eigenvalue weighted by Gasteiger charge is -2.22. The van der Waals surface area contributed by atoms with Crippen molar-refractivity contribution in [3.63, 3.8) is 0 Å². The van der Waals surface area contributed by atoms with Gasteiger partial charge in [-0.05, 0) is 39.8 Å². The number of nitrogens with one attached hydrogen (secondary N) is 1. The molecular formula is C15H19N3OS. The van der Waals surface area contributed by atoms with E-state index in [2.05, 4.69) is 43.2 Å². The highest BCUT2D eigenvalue weighted by Crippen LogP contribution is 2.50. The zero-order valence-corrected chi connectivity index (χ0v) is 13.0. The number of hydrogen-bond donors (Lipinski definition) is 1. The van der Waals surface area contributed by atoms with Crippen LogP contribution in [-0.2, 0) is 0 Å². The first-order chi connectivity index (χ1) is 9.37. The quantitative estimate of drug-likeness (QED) is 0.915. The fourth-order valence-corrected chi connectivity index (χ4v) is 4.44. The molecule has 106 valence electrons. The maximum Gasteiger partial charge on any atom is 0.247 e. The van der Waals surface area contributed by atoms with Crippen LogP contribution in [0.5, 0.6) is 0 Å². The lowest BCUT2D eigenvalue weighted by atomic mass is 10.0. The summed E-state index contributed by atoms with van der Waals surface area (Å²) in [5, 5.41) is 12.0. The van der Waals surface area contributed by atoms with E-state index in [9.17, 15) is 0 Å². The SMILES string of the molecule is CC1(C)N[C@@H](c2nnc(-c3ccccc3)o2)C(C)(C)S1. The van der Waals surface area contributed by atoms with Crippen molar-refractivity contribution in [2.24, 2.45) is 0 Å². The van der Waals surface area contributed by atoms with Gasteiger partial charge >= 0.3 is 0 Å². The van der Waals surface area contributed by atoms with Gasteiger partial charge in [0, 0.05) is 10.3 Å². The molecule has 1 aromatic carbocycles. The average Bonchev–Trinajstić information content (AvgIpc) is 2.92. The van der Waals surface area contributed by atoms with Gasteiger partial charge in [0.15, 0.2) is 0 Å². The molecule has 1 atom stereocenters. The first-order valence-corrected chi connectivity index (χ1v) is 7.56. The summed E-state index contributed by atoms with van der Waals surface area (Å²) >= 11 is 1.89. The van der Waals surface area contributed by atoms with Crippen LogP contribution in [0.25, 0.3) is 11.5 Å². The number of rotatable bonds is 2. The Balaban J connectivity index is 1.91. The van der Waals surface area contributed by atoms with Gasteiger partial charge in [-0.1, -0.05) is 18.2 Å². The lowest BCUT2D eigenvalue weighted by Crippen LogP contribution is -2.34. The minimum absolute atomic E-state index is 0.00947. The number of thioether (sulfide) groups is 1. The third-order valence-electron chi connectivity index (χ3n) is 3.41. The highest BCUT2D eigenvalue weighted by Gasteiger charge is 2.48. The average molecular weight is 289 g/mol. The van der Waals surface area contributed by atoms with Crippen LogP contribution in [0, 0.1) is 0 Å². The molecule has 0 spiro atoms. The molecular weight excluding hydrogens is 270 g/mol. The Morgan fingerprint density at radius 2 is 1.80 bits per heavy atom. The molecule has 0 aliphatic carbocycles. The van der Waals surface area contributed by atoms with Crippen LogP contribution in [-0.4, -0.2) is 19.8 Å². The molecule has 2 aromatic rings. The molecule has 0 amide bonds. The predicted molar refractivity (Wildman–Crippen MR) is 81.4 cm³/mol. The molecule has 2 heterocycles. The standard InChI is InChI=1S/C15H19N3OS/c1-14(2)11(16-15(3,4)20-14)13-18-17-12(19-13)10-8-6-5-7-9-10/h5-9,11,16H,1-4H3/t11-/m0/s1. The largest absolute Gasteiger partial charge is 0.419 e. The van der Waals surface area contributed by atoms with Crippen molar-refractivity contribution < 1.29 is 4.42 Å². The van der Waals surface area contributed by atoms with Crippen molar-refractivity contribution >= 4 is 11.8 Å². The van der Waals surface area contributed by atoms with Crippen LogP contribution in [0.4, 0.5) is 0 Å². The molecule has 0 saturated carbocycles. The molecule has 1 aromatic heterocycles. The van der Waals surface area contributed by atoms with E-state index in [1.54, 1.807) is 0 Å². The summed E-state index contributed by atoms with van der Waals surface area (Å²) in [6, 6.07) is 9.92. The van der Waals surface area contributed by atoms with E-state index in [4.69, 9.17) is 4.42 Å². The summed E-state index contributed by atoms with van der Waals surface area (Å²) in [5.74, 6) is 1.24. The summed E-state index contributed by atoms with van der Waals surface area (Å²) in [7, 11) is 0. The van der Waals surface area contributed by atoms with Gasteiger partial charge in [-0.2, -0.15) is 0 Å². The van der Waals surface area contributed by atoms with E-state index in [1.807, 2.05) is 42.1 Å². The fourth-order valence-electron chi connectivity index (χ4n) is 2.68. The smallest absolute Gasteiger partial charge is 0.247 e. The molecule has 1 aliphatic rings. The number of nitrogens with zero attached hydrogens (tertiary/aromatic N) is 2. The molecule has 0 bridgehead atoms. The Morgan fingerprint density at radius 3 is 2.40 bits per heavy atom. The minimum Gasteiger partial charge on any atom is -0.419 e. The molecule has 5 heteroatoms. The highest BCUT2D eigenvalue weighted by atomic mass is 32.2. The predicted octanol–water partition coefficient (Wildman–Crippen LogP) is 3.63. The molecule has 1 aliphatic heterocycles. The molecule has 1 N–H and O–H groups in total. The van der Waals surface area contributed by atoms with Crippen molar-refractivity contribution in [3.05, 3.63) is 36.2 Å². The van der Waals surface area contributed by atoms with Crippen LogP contribution in [0.3, 0.4) is 0 Å². The maximum atomic E-state index is 5.88. The van der Waals surface area contributed by atoms with Crippen LogP contribution in [0.2, 0.25) is 0 Å². The second-order valence-corrected chi connectivity index (χ2v) is 8.38. The summed E-state index contributed by atoms with van der Waals surface area (Å²) in [5.41, 5.74) is 0.953. The van der Waals surface area contributed by atoms with Gasteiger partial charge in [0.1, 0.15) is 6.04 Å². The Hall–Kier alpha value is -1.33. The zero-order valence-electron chi connectivity index (χ0n) is 12.2. The van der Waals surface area contributed by atoms with Gasteiger partial charge in [-0.15, -0.1) is 22.0 Å². The second-order valence-electron chi connectivity index (χ2n) is 6.10. The molecule has 3 rings (SSSR count). The van der Waals surface area contributed by atoms with Crippen molar-refractivity contribution in [1.82, 2.24) is 15.5 Å². The summed E-state index contributed by atoms with van der Waals surface area (Å²) in [6.07, 6.45) is 0. The van der Waals surface area contributed by atoms with Gasteiger partial charge in [0.2, 0.25) is 11.8 Å². The van der Waals surface area contributed by atoms with Crippen molar-refractivity contribution in [2.45, 2.75) is 43.4 Å². The van der Waals surface area contributed by atoms with Gasteiger partial charge in [-0.3, -0.25) is 5.32 Å². The Kier molecular flexibility index (Phi) is 3.14. The van der Waals surface area contributed by atoms with E-state index in [0.29, 0.717) is 11.8 Å². The van der Waals surface area contributed by atoms with E-state index in [1.165, 1.54) is 0 Å². The number of aromatic nitrogens is 2. The summed E-state index contributed by atoms with van der Waals surface area (Å²) < 4.78 is 5.90. The van der Waals surface area contributed by atoms with E-state index >= 15 is 0 Å². The molecule has 1 saturated heterocycles. The van der Waals surface area contributed by atoms with Crippen LogP contribution in [0.1, 0.15) is 39.6 Å². The molecule has 1 fully saturated rings. The first kappa shape index (κ1) is 13.6. The van der Waals surface area contributed by atoms with Crippen LogP contribution < -0.4 is 5.32 Å². The topological polar surface area (TPSA) is 51.0 Å². The summed E-state index contributed by atoms with van der Waals surface area (Å²) in [4.78, 5) is 0.00947. The summed E-state index contributed by atoms with van der Waals surface area (Å²) in [6.45, 7) is 8.76. The lowest BCUT2D eigenvalue weighted by molar-refractivity contribution is 0.352. The van der Waals surface area contributed by atoms with Gasteiger partial charge in [0.05, 0.1) is 4.87 Å². The second kappa shape index (κ2) is 4.60. The Morgan fingerprint density at radius 1 is 1.10 bits per heavy atom. The highest BCUT2D eigenvalue weighted by molar-refractivity contribution is 8.02. The van der Waals surface area contributed by atoms with Gasteiger partial charge < -0.3 is 4.42 Å². The molecule has 0 unspecified atom stereocenters. The molecule has 4 nitrogen and oxygen atoms in total. The monoisotopic (exact) mass is 289 g/mol. The van der Waals surface area contributed by atoms with E-state index in [0.717, 1.165) is 5.56 Å². The third kappa shape index (κ3) is 2.47. The Bertz CT molecular complexity index is 607. The van der Waals surface area contributed by atoms with Gasteiger partial charge in [-0.25, -0.2) is 0 Å². The number of hydrogen-bond acceptors (Lipinski definition) is 5. The third-order valence-corrected chi connectivity index (χ3v) is 4.80. The van der Waals surface area contributed by atoms with Gasteiger partial charge in [0.25, 0.3) is 0 Å². The van der Waals surface area contributed by atoms with Crippen molar-refractivity contribution in [2.75, 3.05) is 0 Å². The molecule has 20 heavy (non-hydrogen) atoms. The van der Waals surface area contributed by atoms with E-state index in [-0.39, 0.29) is 15.7 Å². The van der Waals surface area contributed by atoms with Crippen molar-refractivity contribution in [1.29, 1.82) is 0 Å². The zero-order chi connectivity index (χ0) is 14.4. The normalized spacial score (nSPS) is 23.9. The minimum atomic E-state index is 0.00947. The van der Waals surface area contributed by atoms with Crippen LogP contribution in [0.15, 0.2) is 34.7 Å². The fraction of sp³-hybridized carbons (Fsp3) is 0.467. The van der Waals surface area contributed by atoms with E-state index < -0.39 is 0 Å².